The molecule has 0 fully saturated rings. The Balaban J connectivity index is 2.91. The van der Waals surface area contributed by atoms with E-state index >= 15 is 0 Å². The summed E-state index contributed by atoms with van der Waals surface area (Å²) in [5.74, 6) is -52.2. The molecular weight excluding hydrogens is 839 g/mol. The second-order valence-electron chi connectivity index (χ2n) is 12.7. The lowest BCUT2D eigenvalue weighted by Crippen LogP contribution is -2.75. The highest BCUT2D eigenvalue weighted by Gasteiger charge is 2.95. The number of hydrogen-bond acceptors (Lipinski definition) is 4. The van der Waals surface area contributed by atoms with Crippen LogP contribution in [-0.4, -0.2) is 70.3 Å². The van der Waals surface area contributed by atoms with E-state index < -0.39 is 88.9 Å². The van der Waals surface area contributed by atoms with Crippen LogP contribution in [-0.2, 0) is 20.0 Å². The number of alkyl halides is 17. The summed E-state index contributed by atoms with van der Waals surface area (Å²) in [5, 5.41) is 0. The van der Waals surface area contributed by atoms with E-state index in [1.54, 1.807) is 0 Å². The van der Waals surface area contributed by atoms with Gasteiger partial charge >= 0.3 is 47.8 Å². The van der Waals surface area contributed by atoms with E-state index in [-0.39, 0.29) is 18.6 Å². The fourth-order valence-corrected chi connectivity index (χ4v) is 7.13. The molecule has 2 N–H and O–H groups in total. The Kier molecular flexibility index (Phi) is 17.1. The first-order valence-corrected chi connectivity index (χ1v) is 19.7. The minimum absolute atomic E-state index is 0.168. The van der Waals surface area contributed by atoms with Crippen molar-refractivity contribution in [1.29, 1.82) is 0 Å². The van der Waals surface area contributed by atoms with Crippen LogP contribution in [0, 0.1) is 0 Å². The van der Waals surface area contributed by atoms with Crippen LogP contribution in [0.25, 0.3) is 0 Å². The van der Waals surface area contributed by atoms with E-state index in [1.165, 1.54) is 38.5 Å². The summed E-state index contributed by atoms with van der Waals surface area (Å²) in [6.07, 6.45) is 5.72. The molecule has 6 nitrogen and oxygen atoms in total. The molecule has 55 heavy (non-hydrogen) atoms. The van der Waals surface area contributed by atoms with Gasteiger partial charge in [0.25, 0.3) is 0 Å². The summed E-state index contributed by atoms with van der Waals surface area (Å²) in [6.45, 7) is 2.14. The average Bonchev–Trinajstić information content (AvgIpc) is 3.03. The number of halogens is 17. The monoisotopic (exact) mass is 878 g/mol. The van der Waals surface area contributed by atoms with Crippen LogP contribution in [0.4, 0.5) is 80.3 Å². The van der Waals surface area contributed by atoms with Crippen LogP contribution in [0.3, 0.4) is 0 Å². The van der Waals surface area contributed by atoms with E-state index in [0.717, 1.165) is 32.1 Å². The van der Waals surface area contributed by atoms with Gasteiger partial charge in [-0.25, -0.2) is 16.8 Å². The molecule has 1 aromatic rings. The molecule has 0 aliphatic carbocycles. The van der Waals surface area contributed by atoms with E-state index in [1.807, 2.05) is 4.72 Å². The van der Waals surface area contributed by atoms with Crippen LogP contribution in [0.5, 0.6) is 0 Å². The fourth-order valence-electron chi connectivity index (χ4n) is 4.87. The summed E-state index contributed by atoms with van der Waals surface area (Å²) in [7, 11) is -10.5. The normalized spacial score (nSPS) is 14.7. The number of rotatable bonds is 26. The van der Waals surface area contributed by atoms with Crippen molar-refractivity contribution in [3.63, 3.8) is 0 Å². The highest BCUT2D eigenvalue weighted by molar-refractivity contribution is 7.92. The Hall–Kier alpha value is -2.31. The molecule has 0 aromatic heterocycles. The maximum Gasteiger partial charge on any atom is 0.460 e. The first-order valence-electron chi connectivity index (χ1n) is 16.6. The zero-order chi connectivity index (χ0) is 43.0. The summed E-state index contributed by atoms with van der Waals surface area (Å²) >= 11 is 0. The molecule has 0 unspecified atom stereocenters. The molecule has 0 heterocycles. The number of nitrogens with one attached hydrogen (secondary N) is 2. The molecule has 1 rings (SSSR count). The molecule has 0 atom stereocenters. The third-order valence-electron chi connectivity index (χ3n) is 8.19. The Bertz CT molecular complexity index is 1570. The lowest BCUT2D eigenvalue weighted by Gasteiger charge is -2.42. The van der Waals surface area contributed by atoms with Crippen LogP contribution >= 0.6 is 0 Å². The van der Waals surface area contributed by atoms with Gasteiger partial charge in [0, 0.05) is 5.69 Å². The number of benzene rings is 1. The third kappa shape index (κ3) is 11.6. The van der Waals surface area contributed by atoms with Crippen molar-refractivity contribution >= 4 is 25.7 Å². The molecule has 0 aliphatic rings. The molecule has 0 spiro atoms. The maximum absolute atomic E-state index is 14.2. The average molecular weight is 879 g/mol. The zero-order valence-electron chi connectivity index (χ0n) is 28.8. The van der Waals surface area contributed by atoms with Gasteiger partial charge in [-0.15, -0.1) is 4.72 Å². The van der Waals surface area contributed by atoms with Crippen molar-refractivity contribution in [1.82, 2.24) is 4.72 Å². The van der Waals surface area contributed by atoms with Crippen LogP contribution < -0.4 is 9.44 Å². The first-order chi connectivity index (χ1) is 24.7. The second-order valence-corrected chi connectivity index (χ2v) is 16.2. The lowest BCUT2D eigenvalue weighted by atomic mass is 9.90. The van der Waals surface area contributed by atoms with E-state index in [2.05, 4.69) is 6.92 Å². The molecule has 0 saturated carbocycles. The number of sulfonamides is 2. The number of anilines is 1. The Morgan fingerprint density at radius 2 is 0.782 bits per heavy atom. The molecule has 0 aliphatic heterocycles. The van der Waals surface area contributed by atoms with Crippen molar-refractivity contribution in [2.24, 2.45) is 0 Å². The predicted molar refractivity (Wildman–Crippen MR) is 165 cm³/mol. The van der Waals surface area contributed by atoms with Gasteiger partial charge < -0.3 is 0 Å². The van der Waals surface area contributed by atoms with Crippen molar-refractivity contribution in [2.45, 2.75) is 149 Å². The van der Waals surface area contributed by atoms with Gasteiger partial charge in [-0.3, -0.25) is 4.72 Å². The van der Waals surface area contributed by atoms with E-state index in [9.17, 15) is 91.5 Å². The lowest BCUT2D eigenvalue weighted by molar-refractivity contribution is -0.462. The standard InChI is InChI=1S/C30H39F17N2O4S2/c1-2-3-4-5-6-7-8-9-10-11-12-13-14-15-20-54(50,51)48-21-16-18-22(19-17-21)55(52,53)49-30(46,47)28(41,42)26(37,38)24(33,34)23(31,32)25(35,36)27(39,40)29(43,44)45/h16-19,48-49H,2-15,20H2,1H3. The molecule has 0 saturated heterocycles. The SMILES string of the molecule is CCCCCCCCCCCCCCCCS(=O)(=O)Nc1ccc(S(=O)(=O)NC(F)(F)C(F)(F)C(F)(F)C(F)(F)C(F)(F)C(F)(F)C(F)(F)C(F)(F)F)cc1. The minimum atomic E-state index is -8.87. The van der Waals surface area contributed by atoms with Crippen LogP contribution in [0.15, 0.2) is 29.2 Å². The molecule has 25 heteroatoms. The van der Waals surface area contributed by atoms with E-state index in [0.29, 0.717) is 25.0 Å². The molecule has 0 radical (unpaired) electrons. The summed E-state index contributed by atoms with van der Waals surface area (Å²) in [4.78, 5) is -1.63. The van der Waals surface area contributed by atoms with Gasteiger partial charge in [0.1, 0.15) is 0 Å². The summed E-state index contributed by atoms with van der Waals surface area (Å²) in [5.41, 5.74) is -0.480. The highest BCUT2D eigenvalue weighted by Crippen LogP contribution is 2.63. The highest BCUT2D eigenvalue weighted by atomic mass is 32.2. The largest absolute Gasteiger partial charge is 0.460 e. The van der Waals surface area contributed by atoms with Gasteiger partial charge in [-0.05, 0) is 30.7 Å². The molecule has 1 aromatic carbocycles. The predicted octanol–water partition coefficient (Wildman–Crippen LogP) is 11.2. The van der Waals surface area contributed by atoms with Gasteiger partial charge in [0.2, 0.25) is 20.0 Å². The minimum Gasteiger partial charge on any atom is -0.284 e. The van der Waals surface area contributed by atoms with Gasteiger partial charge in [0.15, 0.2) is 0 Å². The molecular formula is C30H39F17N2O4S2. The summed E-state index contributed by atoms with van der Waals surface area (Å²) in [6, 6.07) is -6.06. The molecule has 324 valence electrons. The quantitative estimate of drug-likeness (QED) is 0.0551. The van der Waals surface area contributed by atoms with Gasteiger partial charge in [-0.1, -0.05) is 90.4 Å². The zero-order valence-corrected chi connectivity index (χ0v) is 30.4. The smallest absolute Gasteiger partial charge is 0.284 e. The Morgan fingerprint density at radius 1 is 0.455 bits per heavy atom. The Morgan fingerprint density at radius 3 is 1.15 bits per heavy atom. The van der Waals surface area contributed by atoms with Crippen LogP contribution in [0.2, 0.25) is 0 Å². The van der Waals surface area contributed by atoms with Crippen molar-refractivity contribution in [3.05, 3.63) is 24.3 Å². The summed E-state index contributed by atoms with van der Waals surface area (Å²) < 4.78 is 280. The fraction of sp³-hybridized carbons (Fsp3) is 0.800. The first kappa shape index (κ1) is 50.7. The van der Waals surface area contributed by atoms with E-state index in [4.69, 9.17) is 0 Å². The topological polar surface area (TPSA) is 92.3 Å². The van der Waals surface area contributed by atoms with Crippen molar-refractivity contribution in [2.75, 3.05) is 10.5 Å². The molecule has 0 bridgehead atoms. The number of hydrogen-bond donors (Lipinski definition) is 2. The number of unbranched alkanes of at least 4 members (excludes halogenated alkanes) is 13. The van der Waals surface area contributed by atoms with Gasteiger partial charge in [0.05, 0.1) is 10.6 Å². The third-order valence-corrected chi connectivity index (χ3v) is 11.0. The second kappa shape index (κ2) is 18.5. The maximum atomic E-state index is 14.2. The van der Waals surface area contributed by atoms with Crippen molar-refractivity contribution < 1.29 is 91.5 Å². The Labute approximate surface area is 306 Å². The van der Waals surface area contributed by atoms with Crippen LogP contribution in [0.1, 0.15) is 96.8 Å². The molecule has 0 amide bonds. The van der Waals surface area contributed by atoms with Crippen molar-refractivity contribution in [3.8, 4) is 0 Å². The van der Waals surface area contributed by atoms with Gasteiger partial charge in [-0.2, -0.15) is 74.6 Å².